The first-order valence-electron chi connectivity index (χ1n) is 4.70. The maximum Gasteiger partial charge on any atom is 0.100 e. The molecule has 1 N–H and O–H groups in total. The molecule has 1 aromatic carbocycles. The summed E-state index contributed by atoms with van der Waals surface area (Å²) in [4.78, 5) is 0. The highest BCUT2D eigenvalue weighted by Crippen LogP contribution is 2.20. The third-order valence-electron chi connectivity index (χ3n) is 1.94. The lowest BCUT2D eigenvalue weighted by Crippen LogP contribution is -2.02. The Hall–Kier alpha value is -0.660. The number of nitriles is 1. The van der Waals surface area contributed by atoms with Crippen molar-refractivity contribution >= 4 is 33.4 Å². The SMILES string of the molecule is CSCCCNc1ccc(C#N)c(Br)c1. The average Bonchev–Trinajstić information content (AvgIpc) is 2.25. The molecule has 0 amide bonds. The van der Waals surface area contributed by atoms with Crippen LogP contribution >= 0.6 is 27.7 Å². The Labute approximate surface area is 103 Å². The van der Waals surface area contributed by atoms with Crippen LogP contribution in [-0.2, 0) is 0 Å². The molecule has 0 saturated heterocycles. The summed E-state index contributed by atoms with van der Waals surface area (Å²) in [6.45, 7) is 0.971. The van der Waals surface area contributed by atoms with Crippen LogP contribution in [0.25, 0.3) is 0 Å². The van der Waals surface area contributed by atoms with E-state index < -0.39 is 0 Å². The first-order chi connectivity index (χ1) is 7.27. The Morgan fingerprint density at radius 3 is 2.93 bits per heavy atom. The van der Waals surface area contributed by atoms with Gasteiger partial charge in [-0.15, -0.1) is 0 Å². The Morgan fingerprint density at radius 1 is 1.53 bits per heavy atom. The average molecular weight is 285 g/mol. The molecule has 0 bridgehead atoms. The van der Waals surface area contributed by atoms with Crippen molar-refractivity contribution in [3.63, 3.8) is 0 Å². The molecule has 1 rings (SSSR count). The molecule has 1 aromatic rings. The van der Waals surface area contributed by atoms with E-state index in [-0.39, 0.29) is 0 Å². The van der Waals surface area contributed by atoms with Crippen molar-refractivity contribution in [2.24, 2.45) is 0 Å². The van der Waals surface area contributed by atoms with Crippen LogP contribution in [0.3, 0.4) is 0 Å². The summed E-state index contributed by atoms with van der Waals surface area (Å²) in [5.41, 5.74) is 1.73. The molecule has 0 saturated carbocycles. The van der Waals surface area contributed by atoms with Gasteiger partial charge in [0.1, 0.15) is 6.07 Å². The zero-order chi connectivity index (χ0) is 11.1. The summed E-state index contributed by atoms with van der Waals surface area (Å²) in [5.74, 6) is 1.17. The third-order valence-corrected chi connectivity index (χ3v) is 3.30. The van der Waals surface area contributed by atoms with E-state index in [4.69, 9.17) is 5.26 Å². The predicted molar refractivity (Wildman–Crippen MR) is 70.3 cm³/mol. The standard InChI is InChI=1S/C11H13BrN2S/c1-15-6-2-5-14-10-4-3-9(8-13)11(12)7-10/h3-4,7,14H,2,5-6H2,1H3. The highest BCUT2D eigenvalue weighted by molar-refractivity contribution is 9.10. The molecule has 15 heavy (non-hydrogen) atoms. The summed E-state index contributed by atoms with van der Waals surface area (Å²) in [5, 5.41) is 12.1. The minimum absolute atomic E-state index is 0.671. The van der Waals surface area contributed by atoms with Gasteiger partial charge in [-0.2, -0.15) is 17.0 Å². The van der Waals surface area contributed by atoms with Crippen molar-refractivity contribution < 1.29 is 0 Å². The van der Waals surface area contributed by atoms with Crippen LogP contribution in [0.4, 0.5) is 5.69 Å². The highest BCUT2D eigenvalue weighted by atomic mass is 79.9. The number of thioether (sulfide) groups is 1. The fraction of sp³-hybridized carbons (Fsp3) is 0.364. The van der Waals surface area contributed by atoms with Crippen molar-refractivity contribution in [2.45, 2.75) is 6.42 Å². The van der Waals surface area contributed by atoms with Crippen LogP contribution in [0.5, 0.6) is 0 Å². The summed E-state index contributed by atoms with van der Waals surface area (Å²) >= 11 is 5.22. The molecule has 4 heteroatoms. The van der Waals surface area contributed by atoms with Gasteiger partial charge in [-0.25, -0.2) is 0 Å². The van der Waals surface area contributed by atoms with Gasteiger partial charge >= 0.3 is 0 Å². The van der Waals surface area contributed by atoms with E-state index in [1.807, 2.05) is 30.0 Å². The first kappa shape index (κ1) is 12.4. The molecule has 80 valence electrons. The summed E-state index contributed by atoms with van der Waals surface area (Å²) in [7, 11) is 0. The van der Waals surface area contributed by atoms with Crippen LogP contribution in [0.1, 0.15) is 12.0 Å². The molecular weight excluding hydrogens is 272 g/mol. The van der Waals surface area contributed by atoms with Crippen LogP contribution in [0, 0.1) is 11.3 Å². The largest absolute Gasteiger partial charge is 0.385 e. The number of anilines is 1. The number of rotatable bonds is 5. The summed E-state index contributed by atoms with van der Waals surface area (Å²) in [6, 6.07) is 7.82. The minimum atomic E-state index is 0.671. The predicted octanol–water partition coefficient (Wildman–Crippen LogP) is 3.49. The number of halogens is 1. The Kier molecular flexibility index (Phi) is 5.59. The van der Waals surface area contributed by atoms with Gasteiger partial charge in [0, 0.05) is 16.7 Å². The maximum absolute atomic E-state index is 8.75. The number of nitrogens with zero attached hydrogens (tertiary/aromatic N) is 1. The van der Waals surface area contributed by atoms with E-state index in [1.54, 1.807) is 0 Å². The smallest absolute Gasteiger partial charge is 0.100 e. The minimum Gasteiger partial charge on any atom is -0.385 e. The molecule has 0 fully saturated rings. The normalized spacial score (nSPS) is 9.67. The second-order valence-electron chi connectivity index (χ2n) is 3.08. The lowest BCUT2D eigenvalue weighted by Gasteiger charge is -2.06. The number of hydrogen-bond acceptors (Lipinski definition) is 3. The molecular formula is C11H13BrN2S. The zero-order valence-corrected chi connectivity index (χ0v) is 11.0. The van der Waals surface area contributed by atoms with Gasteiger partial charge in [0.2, 0.25) is 0 Å². The third kappa shape index (κ3) is 4.15. The maximum atomic E-state index is 8.75. The second-order valence-corrected chi connectivity index (χ2v) is 4.92. The molecule has 0 unspecified atom stereocenters. The van der Waals surface area contributed by atoms with Gasteiger partial charge in [0.05, 0.1) is 5.56 Å². The molecule has 0 aliphatic heterocycles. The van der Waals surface area contributed by atoms with E-state index in [0.717, 1.165) is 23.1 Å². The van der Waals surface area contributed by atoms with Crippen LogP contribution < -0.4 is 5.32 Å². The monoisotopic (exact) mass is 284 g/mol. The lowest BCUT2D eigenvalue weighted by molar-refractivity contribution is 0.993. The molecule has 0 aliphatic rings. The molecule has 0 aromatic heterocycles. The lowest BCUT2D eigenvalue weighted by atomic mass is 10.2. The van der Waals surface area contributed by atoms with E-state index in [2.05, 4.69) is 33.6 Å². The van der Waals surface area contributed by atoms with Gasteiger partial charge in [0.15, 0.2) is 0 Å². The Morgan fingerprint density at radius 2 is 2.33 bits per heavy atom. The molecule has 0 aliphatic carbocycles. The van der Waals surface area contributed by atoms with Crippen LogP contribution in [0.15, 0.2) is 22.7 Å². The van der Waals surface area contributed by atoms with Crippen molar-refractivity contribution in [3.05, 3.63) is 28.2 Å². The van der Waals surface area contributed by atoms with Crippen molar-refractivity contribution in [1.29, 1.82) is 5.26 Å². The molecule has 0 radical (unpaired) electrons. The highest BCUT2D eigenvalue weighted by Gasteiger charge is 1.99. The van der Waals surface area contributed by atoms with Gasteiger partial charge in [0.25, 0.3) is 0 Å². The molecule has 0 atom stereocenters. The molecule has 0 heterocycles. The van der Waals surface area contributed by atoms with Crippen molar-refractivity contribution in [3.8, 4) is 6.07 Å². The fourth-order valence-corrected chi connectivity index (χ4v) is 2.07. The van der Waals surface area contributed by atoms with E-state index in [0.29, 0.717) is 5.56 Å². The Bertz CT molecular complexity index is 360. The quantitative estimate of drug-likeness (QED) is 0.841. The van der Waals surface area contributed by atoms with Gasteiger partial charge < -0.3 is 5.32 Å². The number of nitrogens with one attached hydrogen (secondary N) is 1. The van der Waals surface area contributed by atoms with Gasteiger partial charge in [-0.3, -0.25) is 0 Å². The van der Waals surface area contributed by atoms with Crippen molar-refractivity contribution in [2.75, 3.05) is 23.9 Å². The van der Waals surface area contributed by atoms with Crippen molar-refractivity contribution in [1.82, 2.24) is 0 Å². The van der Waals surface area contributed by atoms with E-state index in [1.165, 1.54) is 5.75 Å². The van der Waals surface area contributed by atoms with Gasteiger partial charge in [-0.05, 0) is 52.6 Å². The molecule has 2 nitrogen and oxygen atoms in total. The fourth-order valence-electron chi connectivity index (χ4n) is 1.16. The van der Waals surface area contributed by atoms with Crippen LogP contribution in [-0.4, -0.2) is 18.6 Å². The first-order valence-corrected chi connectivity index (χ1v) is 6.89. The summed E-state index contributed by atoms with van der Waals surface area (Å²) in [6.07, 6.45) is 3.26. The summed E-state index contributed by atoms with van der Waals surface area (Å²) < 4.78 is 0.847. The van der Waals surface area contributed by atoms with Gasteiger partial charge in [-0.1, -0.05) is 0 Å². The Balaban J connectivity index is 2.49. The topological polar surface area (TPSA) is 35.8 Å². The van der Waals surface area contributed by atoms with E-state index in [9.17, 15) is 0 Å². The van der Waals surface area contributed by atoms with E-state index >= 15 is 0 Å². The number of hydrogen-bond donors (Lipinski definition) is 1. The van der Waals surface area contributed by atoms with Crippen LogP contribution in [0.2, 0.25) is 0 Å². The molecule has 0 spiro atoms. The second kappa shape index (κ2) is 6.76. The number of benzene rings is 1. The zero-order valence-electron chi connectivity index (χ0n) is 8.59.